The molecule has 19 heavy (non-hydrogen) atoms. The third kappa shape index (κ3) is 5.59. The zero-order chi connectivity index (χ0) is 14.5. The number of hydrogen-bond acceptors (Lipinski definition) is 4. The van der Waals surface area contributed by atoms with E-state index in [0.29, 0.717) is 12.0 Å². The Hall–Kier alpha value is -0.450. The summed E-state index contributed by atoms with van der Waals surface area (Å²) in [5.74, 6) is 0.655. The Morgan fingerprint density at radius 3 is 2.53 bits per heavy atom. The molecule has 1 unspecified atom stereocenters. The fraction of sp³-hybridized carbons (Fsp3) is 0.800. The van der Waals surface area contributed by atoms with Gasteiger partial charge in [-0.1, -0.05) is 34.6 Å². The highest BCUT2D eigenvalue weighted by atomic mass is 32.1. The maximum Gasteiger partial charge on any atom is 0.110 e. The molecule has 0 aromatic carbocycles. The van der Waals surface area contributed by atoms with Gasteiger partial charge in [-0.25, -0.2) is 4.98 Å². The fourth-order valence-electron chi connectivity index (χ4n) is 1.87. The predicted octanol–water partition coefficient (Wildman–Crippen LogP) is 3.76. The largest absolute Gasteiger partial charge is 0.383 e. The van der Waals surface area contributed by atoms with Gasteiger partial charge in [0.2, 0.25) is 0 Å². The Morgan fingerprint density at radius 1 is 1.37 bits per heavy atom. The maximum absolute atomic E-state index is 5.11. The summed E-state index contributed by atoms with van der Waals surface area (Å²) in [7, 11) is 1.74. The number of rotatable bonds is 7. The minimum absolute atomic E-state index is 0.129. The standard InChI is InChI=1S/C15H28N2OS/c1-11(2)9-12(16-7-8-18-6)14-17-13(10-19-14)15(3,4)5/h10-12,16H,7-9H2,1-6H3. The van der Waals surface area contributed by atoms with Crippen LogP contribution in [0.5, 0.6) is 0 Å². The third-order valence-corrected chi connectivity index (χ3v) is 3.95. The minimum atomic E-state index is 0.129. The van der Waals surface area contributed by atoms with Crippen molar-refractivity contribution >= 4 is 11.3 Å². The van der Waals surface area contributed by atoms with Crippen LogP contribution in [-0.4, -0.2) is 25.2 Å². The summed E-state index contributed by atoms with van der Waals surface area (Å²) in [4.78, 5) is 4.83. The molecule has 1 aromatic rings. The van der Waals surface area contributed by atoms with Crippen LogP contribution in [0.4, 0.5) is 0 Å². The molecule has 1 N–H and O–H groups in total. The third-order valence-electron chi connectivity index (χ3n) is 2.99. The molecular weight excluding hydrogens is 256 g/mol. The van der Waals surface area contributed by atoms with Crippen LogP contribution in [0.25, 0.3) is 0 Å². The normalized spacial score (nSPS) is 14.1. The van der Waals surface area contributed by atoms with Crippen molar-refractivity contribution in [2.45, 2.75) is 52.5 Å². The van der Waals surface area contributed by atoms with Crippen molar-refractivity contribution in [3.05, 3.63) is 16.1 Å². The molecule has 0 radical (unpaired) electrons. The van der Waals surface area contributed by atoms with Crippen molar-refractivity contribution in [2.24, 2.45) is 5.92 Å². The van der Waals surface area contributed by atoms with Crippen molar-refractivity contribution in [1.29, 1.82) is 0 Å². The molecule has 0 aliphatic rings. The highest BCUT2D eigenvalue weighted by Gasteiger charge is 2.21. The average molecular weight is 284 g/mol. The zero-order valence-corrected chi connectivity index (χ0v) is 13.9. The van der Waals surface area contributed by atoms with Gasteiger partial charge < -0.3 is 10.1 Å². The minimum Gasteiger partial charge on any atom is -0.383 e. The summed E-state index contributed by atoms with van der Waals surface area (Å²) in [6.07, 6.45) is 1.11. The molecule has 110 valence electrons. The van der Waals surface area contributed by atoms with E-state index < -0.39 is 0 Å². The van der Waals surface area contributed by atoms with Crippen LogP contribution in [0.1, 0.15) is 57.8 Å². The van der Waals surface area contributed by atoms with Crippen molar-refractivity contribution in [2.75, 3.05) is 20.3 Å². The first-order valence-corrected chi connectivity index (χ1v) is 7.90. The monoisotopic (exact) mass is 284 g/mol. The van der Waals surface area contributed by atoms with E-state index in [9.17, 15) is 0 Å². The van der Waals surface area contributed by atoms with E-state index in [4.69, 9.17) is 9.72 Å². The van der Waals surface area contributed by atoms with Crippen LogP contribution < -0.4 is 5.32 Å². The summed E-state index contributed by atoms with van der Waals surface area (Å²) in [6.45, 7) is 12.8. The van der Waals surface area contributed by atoms with Crippen LogP contribution in [0, 0.1) is 5.92 Å². The van der Waals surface area contributed by atoms with Gasteiger partial charge in [0.15, 0.2) is 0 Å². The first-order chi connectivity index (χ1) is 8.84. The molecule has 3 nitrogen and oxygen atoms in total. The lowest BCUT2D eigenvalue weighted by Crippen LogP contribution is -2.26. The first-order valence-electron chi connectivity index (χ1n) is 7.02. The van der Waals surface area contributed by atoms with E-state index in [-0.39, 0.29) is 5.41 Å². The van der Waals surface area contributed by atoms with Gasteiger partial charge in [0, 0.05) is 24.4 Å². The SMILES string of the molecule is COCCNC(CC(C)C)c1nc(C(C)(C)C)cs1. The molecule has 4 heteroatoms. The highest BCUT2D eigenvalue weighted by molar-refractivity contribution is 7.09. The molecule has 1 heterocycles. The van der Waals surface area contributed by atoms with E-state index in [0.717, 1.165) is 19.6 Å². The van der Waals surface area contributed by atoms with E-state index in [1.165, 1.54) is 10.7 Å². The van der Waals surface area contributed by atoms with Crippen molar-refractivity contribution in [1.82, 2.24) is 10.3 Å². The van der Waals surface area contributed by atoms with Gasteiger partial charge in [0.1, 0.15) is 5.01 Å². The summed E-state index contributed by atoms with van der Waals surface area (Å²) in [5.41, 5.74) is 1.32. The number of nitrogens with one attached hydrogen (secondary N) is 1. The van der Waals surface area contributed by atoms with Crippen LogP contribution in [0.3, 0.4) is 0 Å². The molecule has 1 aromatic heterocycles. The van der Waals surface area contributed by atoms with Crippen molar-refractivity contribution in [3.8, 4) is 0 Å². The zero-order valence-electron chi connectivity index (χ0n) is 13.1. The summed E-state index contributed by atoms with van der Waals surface area (Å²) in [6, 6.07) is 0.344. The predicted molar refractivity (Wildman–Crippen MR) is 82.9 cm³/mol. The second kappa shape index (κ2) is 7.36. The van der Waals surface area contributed by atoms with Crippen molar-refractivity contribution in [3.63, 3.8) is 0 Å². The topological polar surface area (TPSA) is 34.1 Å². The molecule has 0 fully saturated rings. The Kier molecular flexibility index (Phi) is 6.43. The maximum atomic E-state index is 5.11. The van der Waals surface area contributed by atoms with Gasteiger partial charge in [-0.15, -0.1) is 11.3 Å². The first kappa shape index (κ1) is 16.6. The molecule has 0 aliphatic heterocycles. The molecule has 0 bridgehead atoms. The molecule has 0 aliphatic carbocycles. The van der Waals surface area contributed by atoms with Crippen LogP contribution in [0.2, 0.25) is 0 Å². The van der Waals surface area contributed by atoms with E-state index in [1.54, 1.807) is 18.4 Å². The Labute approximate surface area is 121 Å². The van der Waals surface area contributed by atoms with Gasteiger partial charge in [-0.05, 0) is 12.3 Å². The Morgan fingerprint density at radius 2 is 2.05 bits per heavy atom. The van der Waals surface area contributed by atoms with E-state index in [1.807, 2.05) is 0 Å². The lowest BCUT2D eigenvalue weighted by molar-refractivity contribution is 0.194. The van der Waals surface area contributed by atoms with Gasteiger partial charge in [-0.2, -0.15) is 0 Å². The van der Waals surface area contributed by atoms with Gasteiger partial charge in [-0.3, -0.25) is 0 Å². The second-order valence-corrected chi connectivity index (χ2v) is 7.34. The van der Waals surface area contributed by atoms with Crippen LogP contribution in [-0.2, 0) is 10.2 Å². The van der Waals surface area contributed by atoms with Gasteiger partial charge >= 0.3 is 0 Å². The van der Waals surface area contributed by atoms with E-state index in [2.05, 4.69) is 45.3 Å². The van der Waals surface area contributed by atoms with E-state index >= 15 is 0 Å². The van der Waals surface area contributed by atoms with Crippen molar-refractivity contribution < 1.29 is 4.74 Å². The van der Waals surface area contributed by atoms with Gasteiger partial charge in [0.25, 0.3) is 0 Å². The molecule has 1 atom stereocenters. The number of nitrogens with zero attached hydrogens (tertiary/aromatic N) is 1. The molecule has 0 saturated heterocycles. The summed E-state index contributed by atoms with van der Waals surface area (Å²) < 4.78 is 5.11. The molecular formula is C15H28N2OS. The van der Waals surface area contributed by atoms with Crippen LogP contribution in [0.15, 0.2) is 5.38 Å². The molecule has 0 amide bonds. The number of ether oxygens (including phenoxy) is 1. The fourth-order valence-corrected chi connectivity index (χ4v) is 3.00. The summed E-state index contributed by atoms with van der Waals surface area (Å²) in [5, 5.41) is 6.95. The number of thiazole rings is 1. The highest BCUT2D eigenvalue weighted by Crippen LogP contribution is 2.29. The average Bonchev–Trinajstić information content (AvgIpc) is 2.76. The van der Waals surface area contributed by atoms with Crippen LogP contribution >= 0.6 is 11.3 Å². The lowest BCUT2D eigenvalue weighted by atomic mass is 9.93. The second-order valence-electron chi connectivity index (χ2n) is 6.45. The number of hydrogen-bond donors (Lipinski definition) is 1. The number of methoxy groups -OCH3 is 1. The quantitative estimate of drug-likeness (QED) is 0.774. The Balaban J connectivity index is 2.76. The molecule has 0 spiro atoms. The summed E-state index contributed by atoms with van der Waals surface area (Å²) >= 11 is 1.77. The smallest absolute Gasteiger partial charge is 0.110 e. The molecule has 1 rings (SSSR count). The molecule has 0 saturated carbocycles. The Bertz CT molecular complexity index is 368. The van der Waals surface area contributed by atoms with Gasteiger partial charge in [0.05, 0.1) is 18.3 Å². The number of aromatic nitrogens is 1. The lowest BCUT2D eigenvalue weighted by Gasteiger charge is -2.19.